The Hall–Kier alpha value is -3.66. The third-order valence-corrected chi connectivity index (χ3v) is 5.19. The van der Waals surface area contributed by atoms with Crippen molar-refractivity contribution in [2.24, 2.45) is 0 Å². The fourth-order valence-electron chi connectivity index (χ4n) is 3.49. The smallest absolute Gasteiger partial charge is 0.328 e. The second-order valence-corrected chi connectivity index (χ2v) is 7.28. The minimum Gasteiger partial charge on any atom is -0.355 e. The van der Waals surface area contributed by atoms with Crippen LogP contribution in [-0.2, 0) is 6.54 Å². The highest BCUT2D eigenvalue weighted by atomic mass is 32.1. The van der Waals surface area contributed by atoms with Crippen molar-refractivity contribution in [2.75, 3.05) is 11.9 Å². The molecule has 158 valence electrons. The van der Waals surface area contributed by atoms with Gasteiger partial charge in [0, 0.05) is 23.7 Å². The second kappa shape index (κ2) is 7.88. The largest absolute Gasteiger partial charge is 0.355 e. The van der Waals surface area contributed by atoms with Crippen LogP contribution in [0.3, 0.4) is 0 Å². The average Bonchev–Trinajstić information content (AvgIpc) is 2.74. The molecule has 0 bridgehead atoms. The number of aromatic amines is 1. The molecule has 1 aliphatic rings. The first-order valence-electron chi connectivity index (χ1n) is 9.30. The summed E-state index contributed by atoms with van der Waals surface area (Å²) in [6.07, 6.45) is 0. The topological polar surface area (TPSA) is 90.1 Å². The van der Waals surface area contributed by atoms with Gasteiger partial charge in [-0.1, -0.05) is 12.1 Å². The SMILES string of the molecule is CNC(=O)c1ccc(C)c(-c2[nH]c(=S)nc3c2CNC(=O)N3c2c(F)cccc2F)c1. The zero-order chi connectivity index (χ0) is 22.3. The van der Waals surface area contributed by atoms with Gasteiger partial charge in [0.05, 0.1) is 12.2 Å². The number of nitrogens with one attached hydrogen (secondary N) is 3. The molecule has 0 saturated heterocycles. The van der Waals surface area contributed by atoms with Crippen LogP contribution in [0.4, 0.5) is 25.1 Å². The fraction of sp³-hybridized carbons (Fsp3) is 0.143. The summed E-state index contributed by atoms with van der Waals surface area (Å²) in [5.74, 6) is -2.08. The Morgan fingerprint density at radius 3 is 2.61 bits per heavy atom. The predicted octanol–water partition coefficient (Wildman–Crippen LogP) is 4.11. The van der Waals surface area contributed by atoms with E-state index in [4.69, 9.17) is 12.2 Å². The van der Waals surface area contributed by atoms with Crippen LogP contribution in [0.2, 0.25) is 0 Å². The van der Waals surface area contributed by atoms with Crippen molar-refractivity contribution in [2.45, 2.75) is 13.5 Å². The maximum Gasteiger partial charge on any atom is 0.328 e. The number of halogens is 2. The highest BCUT2D eigenvalue weighted by molar-refractivity contribution is 7.71. The van der Waals surface area contributed by atoms with E-state index in [1.54, 1.807) is 18.2 Å². The van der Waals surface area contributed by atoms with Gasteiger partial charge in [-0.2, -0.15) is 0 Å². The second-order valence-electron chi connectivity index (χ2n) is 6.89. The minimum atomic E-state index is -0.914. The zero-order valence-corrected chi connectivity index (χ0v) is 17.4. The van der Waals surface area contributed by atoms with E-state index < -0.39 is 23.4 Å². The van der Waals surface area contributed by atoms with Crippen LogP contribution in [0.15, 0.2) is 36.4 Å². The van der Waals surface area contributed by atoms with Crippen molar-refractivity contribution in [3.05, 3.63) is 69.5 Å². The number of benzene rings is 2. The van der Waals surface area contributed by atoms with Gasteiger partial charge >= 0.3 is 6.03 Å². The van der Waals surface area contributed by atoms with Crippen molar-refractivity contribution < 1.29 is 18.4 Å². The number of rotatable bonds is 3. The van der Waals surface area contributed by atoms with E-state index in [-0.39, 0.29) is 23.0 Å². The summed E-state index contributed by atoms with van der Waals surface area (Å²) in [6.45, 7) is 1.90. The number of aryl methyl sites for hydroxylation is 1. The Bertz CT molecular complexity index is 1270. The van der Waals surface area contributed by atoms with E-state index in [9.17, 15) is 18.4 Å². The average molecular weight is 441 g/mol. The third kappa shape index (κ3) is 3.55. The molecule has 0 saturated carbocycles. The summed E-state index contributed by atoms with van der Waals surface area (Å²) in [6, 6.07) is 7.73. The number of anilines is 2. The first-order valence-corrected chi connectivity index (χ1v) is 9.71. The molecule has 1 aromatic heterocycles. The van der Waals surface area contributed by atoms with Gasteiger partial charge in [-0.3, -0.25) is 4.79 Å². The Morgan fingerprint density at radius 1 is 1.23 bits per heavy atom. The van der Waals surface area contributed by atoms with E-state index in [1.807, 2.05) is 6.92 Å². The lowest BCUT2D eigenvalue weighted by atomic mass is 9.97. The molecule has 0 radical (unpaired) electrons. The standard InChI is InChI=1S/C21H17F2N5O2S/c1-10-6-7-11(19(29)24-2)8-12(10)16-13-9-25-21(30)28(18(13)27-20(31)26-16)17-14(22)4-3-5-15(17)23/h3-8H,9H2,1-2H3,(H,24,29)(H,25,30)(H,26,27,31). The van der Waals surface area contributed by atoms with E-state index in [0.717, 1.165) is 22.6 Å². The number of hydrogen-bond acceptors (Lipinski definition) is 4. The lowest BCUT2D eigenvalue weighted by Gasteiger charge is -2.30. The van der Waals surface area contributed by atoms with Crippen molar-refractivity contribution in [3.63, 3.8) is 0 Å². The lowest BCUT2D eigenvalue weighted by Crippen LogP contribution is -2.43. The van der Waals surface area contributed by atoms with Crippen molar-refractivity contribution in [1.82, 2.24) is 20.6 Å². The molecule has 0 atom stereocenters. The summed E-state index contributed by atoms with van der Waals surface area (Å²) in [5.41, 5.74) is 2.33. The fourth-order valence-corrected chi connectivity index (χ4v) is 3.68. The van der Waals surface area contributed by atoms with Crippen molar-refractivity contribution >= 4 is 35.7 Å². The van der Waals surface area contributed by atoms with Gasteiger partial charge in [-0.15, -0.1) is 0 Å². The Kier molecular flexibility index (Phi) is 5.24. The predicted molar refractivity (Wildman–Crippen MR) is 114 cm³/mol. The first-order chi connectivity index (χ1) is 14.8. The molecule has 7 nitrogen and oxygen atoms in total. The molecule has 0 aliphatic carbocycles. The molecule has 2 aromatic carbocycles. The Labute approximate surface area is 181 Å². The van der Waals surface area contributed by atoms with Crippen LogP contribution in [0.5, 0.6) is 0 Å². The number of hydrogen-bond donors (Lipinski definition) is 3. The normalized spacial score (nSPS) is 12.9. The molecule has 3 N–H and O–H groups in total. The minimum absolute atomic E-state index is 0.0231. The van der Waals surface area contributed by atoms with E-state index >= 15 is 0 Å². The molecule has 0 fully saturated rings. The number of carbonyl (C=O) groups is 2. The van der Waals surface area contributed by atoms with E-state index in [0.29, 0.717) is 22.4 Å². The molecule has 3 amide bonds. The summed E-state index contributed by atoms with van der Waals surface area (Å²) >= 11 is 5.25. The molecule has 2 heterocycles. The Morgan fingerprint density at radius 2 is 1.94 bits per heavy atom. The quantitative estimate of drug-likeness (QED) is 0.534. The van der Waals surface area contributed by atoms with Gasteiger partial charge in [-0.25, -0.2) is 23.5 Å². The molecule has 31 heavy (non-hydrogen) atoms. The molecule has 0 unspecified atom stereocenters. The number of aromatic nitrogens is 2. The Balaban J connectivity index is 1.98. The number of urea groups is 1. The highest BCUT2D eigenvalue weighted by Gasteiger charge is 2.33. The summed E-state index contributed by atoms with van der Waals surface area (Å²) < 4.78 is 29.0. The van der Waals surface area contributed by atoms with Gasteiger partial charge in [0.1, 0.15) is 17.3 Å². The molecule has 10 heteroatoms. The number of nitrogens with zero attached hydrogens (tertiary/aromatic N) is 2. The maximum atomic E-state index is 14.5. The molecule has 3 aromatic rings. The monoisotopic (exact) mass is 441 g/mol. The lowest BCUT2D eigenvalue weighted by molar-refractivity contribution is 0.0963. The molecule has 0 spiro atoms. The van der Waals surface area contributed by atoms with Crippen LogP contribution in [-0.4, -0.2) is 29.0 Å². The molecule has 4 rings (SSSR count). The van der Waals surface area contributed by atoms with Gasteiger partial charge < -0.3 is 15.6 Å². The summed E-state index contributed by atoms with van der Waals surface area (Å²) in [4.78, 5) is 32.8. The summed E-state index contributed by atoms with van der Waals surface area (Å²) in [5, 5.41) is 5.19. The molecular formula is C21H17F2N5O2S. The number of fused-ring (bicyclic) bond motifs is 1. The molecule has 1 aliphatic heterocycles. The van der Waals surface area contributed by atoms with Gasteiger partial charge in [0.25, 0.3) is 5.91 Å². The maximum absolute atomic E-state index is 14.5. The highest BCUT2D eigenvalue weighted by Crippen LogP contribution is 2.38. The van der Waals surface area contributed by atoms with Crippen molar-refractivity contribution in [1.29, 1.82) is 0 Å². The number of carbonyl (C=O) groups excluding carboxylic acids is 2. The van der Waals surface area contributed by atoms with E-state index in [1.165, 1.54) is 13.1 Å². The van der Waals surface area contributed by atoms with Gasteiger partial charge in [0.2, 0.25) is 0 Å². The van der Waals surface area contributed by atoms with Crippen LogP contribution >= 0.6 is 12.2 Å². The van der Waals surface area contributed by atoms with Crippen LogP contribution in [0, 0.1) is 23.3 Å². The van der Waals surface area contributed by atoms with E-state index in [2.05, 4.69) is 20.6 Å². The van der Waals surface area contributed by atoms with Crippen LogP contribution < -0.4 is 15.5 Å². The number of amides is 3. The zero-order valence-electron chi connectivity index (χ0n) is 16.5. The van der Waals surface area contributed by atoms with Crippen molar-refractivity contribution in [3.8, 4) is 11.3 Å². The summed E-state index contributed by atoms with van der Waals surface area (Å²) in [7, 11) is 1.53. The first kappa shape index (κ1) is 20.6. The van der Waals surface area contributed by atoms with Crippen LogP contribution in [0.1, 0.15) is 21.5 Å². The van der Waals surface area contributed by atoms with Crippen LogP contribution in [0.25, 0.3) is 11.3 Å². The van der Waals surface area contributed by atoms with Gasteiger partial charge in [-0.05, 0) is 49.0 Å². The number of para-hydroxylation sites is 1. The third-order valence-electron chi connectivity index (χ3n) is 5.00. The number of H-pyrrole nitrogens is 1. The van der Waals surface area contributed by atoms with Gasteiger partial charge in [0.15, 0.2) is 10.6 Å². The molecular weight excluding hydrogens is 424 g/mol.